The zero-order chi connectivity index (χ0) is 37.1. The number of rotatable bonds is 14. The van der Waals surface area contributed by atoms with Gasteiger partial charge in [-0.25, -0.2) is 13.2 Å². The maximum absolute atomic E-state index is 14.5. The molecule has 14 heteroatoms. The lowest BCUT2D eigenvalue weighted by Gasteiger charge is -2.35. The van der Waals surface area contributed by atoms with Crippen molar-refractivity contribution in [1.29, 1.82) is 0 Å². The first-order valence-electron chi connectivity index (χ1n) is 18.1. The van der Waals surface area contributed by atoms with Crippen LogP contribution in [0.25, 0.3) is 0 Å². The zero-order valence-electron chi connectivity index (χ0n) is 30.4. The van der Waals surface area contributed by atoms with Crippen LogP contribution in [-0.4, -0.2) is 84.5 Å². The fraction of sp³-hybridized carbons (Fsp3) is 0.649. The van der Waals surface area contributed by atoms with E-state index in [9.17, 15) is 27.6 Å². The number of carbonyl (C=O) groups excluding carboxylic acids is 4. The minimum Gasteiger partial charge on any atom is -0.446 e. The van der Waals surface area contributed by atoms with Crippen molar-refractivity contribution in [2.45, 2.75) is 127 Å². The Labute approximate surface area is 301 Å². The summed E-state index contributed by atoms with van der Waals surface area (Å²) in [5.41, 5.74) is -0.680. The molecule has 1 heterocycles. The fourth-order valence-electron chi connectivity index (χ4n) is 7.01. The Kier molecular flexibility index (Phi) is 11.5. The van der Waals surface area contributed by atoms with Gasteiger partial charge in [0.15, 0.2) is 0 Å². The van der Waals surface area contributed by atoms with Crippen LogP contribution in [-0.2, 0) is 34.0 Å². The van der Waals surface area contributed by atoms with Crippen molar-refractivity contribution in [2.24, 2.45) is 22.4 Å². The van der Waals surface area contributed by atoms with E-state index in [1.165, 1.54) is 4.90 Å². The normalized spacial score (nSPS) is 26.0. The number of oxime groups is 1. The number of ether oxygens (including phenoxy) is 1. The summed E-state index contributed by atoms with van der Waals surface area (Å²) in [6.07, 6.45) is 5.07. The summed E-state index contributed by atoms with van der Waals surface area (Å²) >= 11 is 0. The molecule has 4 fully saturated rings. The Balaban J connectivity index is 1.41. The molecule has 3 aliphatic carbocycles. The molecule has 3 saturated carbocycles. The molecule has 4 amide bonds. The summed E-state index contributed by atoms with van der Waals surface area (Å²) in [4.78, 5) is 62.7. The lowest BCUT2D eigenvalue weighted by atomic mass is 9.85. The predicted octanol–water partition coefficient (Wildman–Crippen LogP) is 4.18. The smallest absolute Gasteiger partial charge is 0.408 e. The number of alkyl carbamates (subject to hydrolysis) is 1. The molecule has 1 aliphatic heterocycles. The number of hydrogen-bond donors (Lipinski definition) is 3. The van der Waals surface area contributed by atoms with Gasteiger partial charge in [0.1, 0.15) is 29.8 Å². The van der Waals surface area contributed by atoms with Gasteiger partial charge in [0.2, 0.25) is 21.8 Å². The number of nitrogens with one attached hydrogen (secondary N) is 3. The van der Waals surface area contributed by atoms with E-state index in [-0.39, 0.29) is 37.3 Å². The molecule has 0 spiro atoms. The standard InChI is InChI=1S/C37H53N5O8S/c1-7-13-25-21-37(25,34(45)41-51(47,48)28-18-19-28)39-32(43)29-20-27(50-40-30(23(2)3)24-14-9-8-10-15-24)22-42(29)33(44)31(36(4,5)6)38-35(46)49-26-16-11-12-17-26/h7-10,14-15,23,25-29,31H,1,11-13,16-22H2,2-6H3,(H,38,46)(H,39,43)(H,41,45)/b40-30+/t25-,27-,29+,31-,37-/m1/s1. The van der Waals surface area contributed by atoms with E-state index in [0.717, 1.165) is 31.2 Å². The Morgan fingerprint density at radius 2 is 1.73 bits per heavy atom. The first-order chi connectivity index (χ1) is 24.1. The summed E-state index contributed by atoms with van der Waals surface area (Å²) in [6, 6.07) is 7.40. The molecular formula is C37H53N5O8S. The fourth-order valence-corrected chi connectivity index (χ4v) is 8.37. The van der Waals surface area contributed by atoms with Crippen LogP contribution in [0, 0.1) is 17.3 Å². The van der Waals surface area contributed by atoms with E-state index in [1.54, 1.807) is 6.08 Å². The molecule has 5 rings (SSSR count). The Bertz CT molecular complexity index is 1610. The monoisotopic (exact) mass is 727 g/mol. The zero-order valence-corrected chi connectivity index (χ0v) is 31.2. The Hall–Kier alpha value is -3.94. The van der Waals surface area contributed by atoms with Crippen molar-refractivity contribution in [1.82, 2.24) is 20.3 Å². The molecule has 280 valence electrons. The lowest BCUT2D eigenvalue weighted by molar-refractivity contribution is -0.143. The first-order valence-corrected chi connectivity index (χ1v) is 19.7. The van der Waals surface area contributed by atoms with Crippen LogP contribution in [0.4, 0.5) is 4.79 Å². The highest BCUT2D eigenvalue weighted by Gasteiger charge is 2.62. The van der Waals surface area contributed by atoms with E-state index < -0.39 is 68.2 Å². The number of carbonyl (C=O) groups is 4. The second kappa shape index (κ2) is 15.3. The number of amides is 4. The average Bonchev–Trinajstić information content (AvgIpc) is 3.93. The van der Waals surface area contributed by atoms with Gasteiger partial charge in [-0.2, -0.15) is 0 Å². The summed E-state index contributed by atoms with van der Waals surface area (Å²) in [6.45, 7) is 13.2. The highest BCUT2D eigenvalue weighted by atomic mass is 32.2. The van der Waals surface area contributed by atoms with E-state index >= 15 is 0 Å². The molecule has 0 unspecified atom stereocenters. The van der Waals surface area contributed by atoms with Gasteiger partial charge < -0.3 is 25.1 Å². The van der Waals surface area contributed by atoms with Gasteiger partial charge in [-0.3, -0.25) is 19.1 Å². The first kappa shape index (κ1) is 38.3. The van der Waals surface area contributed by atoms with Crippen LogP contribution in [0.1, 0.15) is 98.0 Å². The molecule has 1 aromatic carbocycles. The number of allylic oxidation sites excluding steroid dienone is 1. The number of benzene rings is 1. The van der Waals surface area contributed by atoms with Gasteiger partial charge in [0.25, 0.3) is 5.91 Å². The van der Waals surface area contributed by atoms with E-state index in [1.807, 2.05) is 65.0 Å². The van der Waals surface area contributed by atoms with Gasteiger partial charge in [-0.05, 0) is 74.2 Å². The molecule has 1 saturated heterocycles. The van der Waals surface area contributed by atoms with Crippen molar-refractivity contribution >= 4 is 39.5 Å². The number of likely N-dealkylation sites (tertiary alicyclic amines) is 1. The highest BCUT2D eigenvalue weighted by Crippen LogP contribution is 2.47. The maximum Gasteiger partial charge on any atom is 0.408 e. The summed E-state index contributed by atoms with van der Waals surface area (Å²) in [5, 5.41) is 9.49. The maximum atomic E-state index is 14.5. The summed E-state index contributed by atoms with van der Waals surface area (Å²) in [7, 11) is -3.88. The van der Waals surface area contributed by atoms with Crippen LogP contribution >= 0.6 is 0 Å². The van der Waals surface area contributed by atoms with Crippen LogP contribution in [0.5, 0.6) is 0 Å². The molecular weight excluding hydrogens is 675 g/mol. The Morgan fingerprint density at radius 3 is 2.31 bits per heavy atom. The van der Waals surface area contributed by atoms with Gasteiger partial charge in [-0.15, -0.1) is 6.58 Å². The highest BCUT2D eigenvalue weighted by molar-refractivity contribution is 7.91. The van der Waals surface area contributed by atoms with E-state index in [0.29, 0.717) is 25.0 Å². The van der Waals surface area contributed by atoms with Crippen LogP contribution < -0.4 is 15.4 Å². The van der Waals surface area contributed by atoms with Crippen molar-refractivity contribution in [3.05, 3.63) is 48.6 Å². The quantitative estimate of drug-likeness (QED) is 0.146. The topological polar surface area (TPSA) is 173 Å². The third-order valence-electron chi connectivity index (χ3n) is 10.2. The SMILES string of the molecule is C=CC[C@@H]1C[C@]1(NC(=O)[C@@H]1C[C@@H](O/N=C(/c2ccccc2)C(C)C)CN1C(=O)[C@@H](NC(=O)OC1CCCC1)C(C)(C)C)C(=O)NS(=O)(=O)C1CC1. The van der Waals surface area contributed by atoms with Gasteiger partial charge in [0.05, 0.1) is 17.5 Å². The van der Waals surface area contributed by atoms with Crippen LogP contribution in [0.3, 0.4) is 0 Å². The Morgan fingerprint density at radius 1 is 1.06 bits per heavy atom. The van der Waals surface area contributed by atoms with Gasteiger partial charge in [-0.1, -0.05) is 76.2 Å². The minimum absolute atomic E-state index is 0.00735. The molecule has 1 aromatic rings. The second-order valence-corrected chi connectivity index (χ2v) is 17.7. The van der Waals surface area contributed by atoms with Crippen molar-refractivity contribution in [2.75, 3.05) is 6.54 Å². The number of sulfonamides is 1. The molecule has 51 heavy (non-hydrogen) atoms. The predicted molar refractivity (Wildman–Crippen MR) is 192 cm³/mol. The van der Waals surface area contributed by atoms with Crippen molar-refractivity contribution < 1.29 is 37.2 Å². The lowest BCUT2D eigenvalue weighted by Crippen LogP contribution is -2.60. The molecule has 13 nitrogen and oxygen atoms in total. The molecule has 0 aromatic heterocycles. The molecule has 3 N–H and O–H groups in total. The largest absolute Gasteiger partial charge is 0.446 e. The van der Waals surface area contributed by atoms with Crippen LogP contribution in [0.15, 0.2) is 48.1 Å². The third kappa shape index (κ3) is 9.11. The summed E-state index contributed by atoms with van der Waals surface area (Å²) in [5.74, 6) is -2.30. The van der Waals surface area contributed by atoms with Crippen molar-refractivity contribution in [3.8, 4) is 0 Å². The van der Waals surface area contributed by atoms with Gasteiger partial charge in [0, 0.05) is 6.42 Å². The van der Waals surface area contributed by atoms with E-state index in [4.69, 9.17) is 9.57 Å². The van der Waals surface area contributed by atoms with E-state index in [2.05, 4.69) is 27.1 Å². The minimum atomic E-state index is -3.88. The molecule has 0 bridgehead atoms. The molecule has 5 atom stereocenters. The average molecular weight is 728 g/mol. The summed E-state index contributed by atoms with van der Waals surface area (Å²) < 4.78 is 33.3. The number of nitrogens with zero attached hydrogens (tertiary/aromatic N) is 2. The molecule has 4 aliphatic rings. The molecule has 0 radical (unpaired) electrons. The number of hydrogen-bond acceptors (Lipinski definition) is 9. The van der Waals surface area contributed by atoms with Crippen LogP contribution in [0.2, 0.25) is 0 Å². The van der Waals surface area contributed by atoms with Gasteiger partial charge >= 0.3 is 6.09 Å². The van der Waals surface area contributed by atoms with Crippen molar-refractivity contribution in [3.63, 3.8) is 0 Å². The second-order valence-electron chi connectivity index (χ2n) is 15.8. The third-order valence-corrected chi connectivity index (χ3v) is 12.0.